The molecule has 1 aromatic rings. The summed E-state index contributed by atoms with van der Waals surface area (Å²) >= 11 is 0. The van der Waals surface area contributed by atoms with Crippen molar-refractivity contribution >= 4 is 17.8 Å². The Kier molecular flexibility index (Phi) is 3.37. The van der Waals surface area contributed by atoms with Crippen molar-refractivity contribution in [1.29, 1.82) is 0 Å². The largest absolute Gasteiger partial charge is 0.355 e. The van der Waals surface area contributed by atoms with E-state index in [0.29, 0.717) is 5.56 Å². The maximum Gasteiger partial charge on any atom is 0.327 e. The summed E-state index contributed by atoms with van der Waals surface area (Å²) in [4.78, 5) is 38.7. The van der Waals surface area contributed by atoms with Crippen LogP contribution in [0, 0.1) is 0 Å². The second kappa shape index (κ2) is 5.20. The Morgan fingerprint density at radius 2 is 2.10 bits per heavy atom. The number of rotatable bonds is 4. The van der Waals surface area contributed by atoms with E-state index >= 15 is 0 Å². The van der Waals surface area contributed by atoms with Gasteiger partial charge in [-0.1, -0.05) is 12.1 Å². The molecule has 1 heterocycles. The number of urea groups is 1. The number of carbonyl (C=O) groups excluding carboxylic acids is 3. The minimum atomic E-state index is -0.215. The Morgan fingerprint density at radius 3 is 2.76 bits per heavy atom. The number of amides is 4. The van der Waals surface area contributed by atoms with Gasteiger partial charge >= 0.3 is 6.03 Å². The fourth-order valence-electron chi connectivity index (χ4n) is 2.53. The Hall–Kier alpha value is -2.37. The third kappa shape index (κ3) is 2.61. The number of imide groups is 1. The van der Waals surface area contributed by atoms with Crippen LogP contribution in [0.2, 0.25) is 0 Å². The van der Waals surface area contributed by atoms with Gasteiger partial charge in [0.25, 0.3) is 11.8 Å². The number of carbonyl (C=O) groups is 3. The quantitative estimate of drug-likeness (QED) is 0.839. The number of hydrogen-bond donors (Lipinski definition) is 1. The van der Waals surface area contributed by atoms with Gasteiger partial charge in [-0.15, -0.1) is 0 Å². The highest BCUT2D eigenvalue weighted by Crippen LogP contribution is 2.30. The van der Waals surface area contributed by atoms with E-state index in [9.17, 15) is 14.4 Å². The zero-order chi connectivity index (χ0) is 15.0. The van der Waals surface area contributed by atoms with Gasteiger partial charge < -0.3 is 10.2 Å². The van der Waals surface area contributed by atoms with Crippen molar-refractivity contribution in [2.45, 2.75) is 25.4 Å². The van der Waals surface area contributed by atoms with Crippen molar-refractivity contribution in [2.24, 2.45) is 0 Å². The van der Waals surface area contributed by atoms with E-state index in [1.54, 1.807) is 30.1 Å². The van der Waals surface area contributed by atoms with Crippen molar-refractivity contribution in [2.75, 3.05) is 13.6 Å². The fraction of sp³-hybridized carbons (Fsp3) is 0.400. The first kappa shape index (κ1) is 13.6. The lowest BCUT2D eigenvalue weighted by Crippen LogP contribution is -2.33. The van der Waals surface area contributed by atoms with Crippen LogP contribution in [0.5, 0.6) is 0 Å². The van der Waals surface area contributed by atoms with Gasteiger partial charge in [0.1, 0.15) is 6.54 Å². The summed E-state index contributed by atoms with van der Waals surface area (Å²) < 4.78 is 0. The molecule has 0 atom stereocenters. The second-order valence-electron chi connectivity index (χ2n) is 5.40. The Bertz CT molecular complexity index is 610. The molecule has 2 aliphatic rings. The molecule has 0 aromatic heterocycles. The lowest BCUT2D eigenvalue weighted by Gasteiger charge is -2.16. The van der Waals surface area contributed by atoms with Crippen LogP contribution in [-0.2, 0) is 11.3 Å². The first-order chi connectivity index (χ1) is 10.1. The van der Waals surface area contributed by atoms with E-state index in [4.69, 9.17) is 0 Å². The van der Waals surface area contributed by atoms with Gasteiger partial charge in [-0.2, -0.15) is 0 Å². The summed E-state index contributed by atoms with van der Waals surface area (Å²) in [5.74, 6) is -0.354. The van der Waals surface area contributed by atoms with Gasteiger partial charge in [-0.05, 0) is 30.5 Å². The normalized spacial score (nSPS) is 18.3. The molecule has 2 fully saturated rings. The van der Waals surface area contributed by atoms with E-state index in [1.807, 2.05) is 6.07 Å². The van der Waals surface area contributed by atoms with Gasteiger partial charge in [0.05, 0.1) is 6.54 Å². The number of hydrogen-bond acceptors (Lipinski definition) is 3. The summed E-state index contributed by atoms with van der Waals surface area (Å²) in [6.07, 6.45) is 1.97. The Balaban J connectivity index is 1.75. The SMILES string of the molecule is CNC(=O)c1cccc(CN2C(=O)CN(C3CC3)C2=O)c1. The van der Waals surface area contributed by atoms with E-state index in [2.05, 4.69) is 5.32 Å². The first-order valence-corrected chi connectivity index (χ1v) is 7.02. The lowest BCUT2D eigenvalue weighted by atomic mass is 10.1. The van der Waals surface area contributed by atoms with E-state index in [1.165, 1.54) is 4.90 Å². The van der Waals surface area contributed by atoms with Crippen molar-refractivity contribution in [1.82, 2.24) is 15.1 Å². The highest BCUT2D eigenvalue weighted by atomic mass is 16.2. The molecule has 0 radical (unpaired) electrons. The maximum absolute atomic E-state index is 12.2. The molecule has 4 amide bonds. The molecule has 0 bridgehead atoms. The fourth-order valence-corrected chi connectivity index (χ4v) is 2.53. The average Bonchev–Trinajstić information content (AvgIpc) is 3.29. The van der Waals surface area contributed by atoms with E-state index in [0.717, 1.165) is 18.4 Å². The third-order valence-corrected chi connectivity index (χ3v) is 3.83. The minimum Gasteiger partial charge on any atom is -0.355 e. The number of nitrogens with zero attached hydrogens (tertiary/aromatic N) is 2. The molecule has 6 heteroatoms. The topological polar surface area (TPSA) is 69.7 Å². The molecule has 110 valence electrons. The standard InChI is InChI=1S/C15H17N3O3/c1-16-14(20)11-4-2-3-10(7-11)8-18-13(19)9-17(15(18)21)12-5-6-12/h2-4,7,12H,5-6,8-9H2,1H3,(H,16,20). The summed E-state index contributed by atoms with van der Waals surface area (Å²) in [5.41, 5.74) is 1.29. The average molecular weight is 287 g/mol. The van der Waals surface area contributed by atoms with Gasteiger partial charge in [0, 0.05) is 18.7 Å². The molecule has 1 aliphatic carbocycles. The van der Waals surface area contributed by atoms with Crippen LogP contribution in [0.4, 0.5) is 4.79 Å². The monoisotopic (exact) mass is 287 g/mol. The van der Waals surface area contributed by atoms with Crippen molar-refractivity contribution < 1.29 is 14.4 Å². The van der Waals surface area contributed by atoms with Crippen molar-refractivity contribution in [3.8, 4) is 0 Å². The molecule has 6 nitrogen and oxygen atoms in total. The van der Waals surface area contributed by atoms with E-state index in [-0.39, 0.29) is 37.0 Å². The van der Waals surface area contributed by atoms with Crippen LogP contribution in [0.1, 0.15) is 28.8 Å². The van der Waals surface area contributed by atoms with Gasteiger partial charge in [-0.25, -0.2) is 4.79 Å². The molecule has 1 saturated heterocycles. The summed E-state index contributed by atoms with van der Waals surface area (Å²) in [7, 11) is 1.57. The summed E-state index contributed by atoms with van der Waals surface area (Å²) in [6, 6.07) is 7.00. The number of nitrogens with one attached hydrogen (secondary N) is 1. The molecule has 1 aromatic carbocycles. The Morgan fingerprint density at radius 1 is 1.33 bits per heavy atom. The maximum atomic E-state index is 12.2. The van der Waals surface area contributed by atoms with Crippen molar-refractivity contribution in [3.63, 3.8) is 0 Å². The molecule has 3 rings (SSSR count). The highest BCUT2D eigenvalue weighted by Gasteiger charge is 2.43. The van der Waals surface area contributed by atoms with Crippen LogP contribution in [0.15, 0.2) is 24.3 Å². The molecule has 21 heavy (non-hydrogen) atoms. The molecule has 1 saturated carbocycles. The molecule has 0 spiro atoms. The van der Waals surface area contributed by atoms with Crippen LogP contribution >= 0.6 is 0 Å². The zero-order valence-electron chi connectivity index (χ0n) is 11.8. The summed E-state index contributed by atoms with van der Waals surface area (Å²) in [5, 5.41) is 2.56. The van der Waals surface area contributed by atoms with Crippen LogP contribution in [0.3, 0.4) is 0 Å². The Labute approximate surface area is 122 Å². The van der Waals surface area contributed by atoms with Gasteiger partial charge in [-0.3, -0.25) is 14.5 Å². The predicted octanol–water partition coefficient (Wildman–Crippen LogP) is 0.973. The van der Waals surface area contributed by atoms with E-state index < -0.39 is 0 Å². The van der Waals surface area contributed by atoms with Crippen LogP contribution < -0.4 is 5.32 Å². The van der Waals surface area contributed by atoms with Gasteiger partial charge in [0.2, 0.25) is 0 Å². The minimum absolute atomic E-state index is 0.169. The van der Waals surface area contributed by atoms with Crippen LogP contribution in [0.25, 0.3) is 0 Å². The first-order valence-electron chi connectivity index (χ1n) is 7.02. The predicted molar refractivity (Wildman–Crippen MR) is 75.5 cm³/mol. The summed E-state index contributed by atoms with van der Waals surface area (Å²) in [6.45, 7) is 0.393. The van der Waals surface area contributed by atoms with Gasteiger partial charge in [0.15, 0.2) is 0 Å². The third-order valence-electron chi connectivity index (χ3n) is 3.83. The molecule has 0 unspecified atom stereocenters. The molecule has 1 N–H and O–H groups in total. The van der Waals surface area contributed by atoms with Crippen LogP contribution in [-0.4, -0.2) is 47.3 Å². The second-order valence-corrected chi connectivity index (χ2v) is 5.40. The lowest BCUT2D eigenvalue weighted by molar-refractivity contribution is -0.125. The molecular formula is C15H17N3O3. The highest BCUT2D eigenvalue weighted by molar-refractivity contribution is 6.02. The van der Waals surface area contributed by atoms with Crippen molar-refractivity contribution in [3.05, 3.63) is 35.4 Å². The molecular weight excluding hydrogens is 270 g/mol. The smallest absolute Gasteiger partial charge is 0.327 e. The number of benzene rings is 1. The zero-order valence-corrected chi connectivity index (χ0v) is 11.8. The molecule has 1 aliphatic heterocycles.